The van der Waals surface area contributed by atoms with Crippen molar-refractivity contribution >= 4 is 6.01 Å². The minimum atomic E-state index is 0.640. The number of aromatic nitrogens is 2. The monoisotopic (exact) mass is 250 g/mol. The van der Waals surface area contributed by atoms with E-state index in [0.717, 1.165) is 25.0 Å². The fraction of sp³-hybridized carbons (Fsp3) is 0.846. The molecule has 2 fully saturated rings. The molecule has 2 unspecified atom stereocenters. The van der Waals surface area contributed by atoms with Gasteiger partial charge in [-0.3, -0.25) is 0 Å². The van der Waals surface area contributed by atoms with Crippen LogP contribution in [0.3, 0.4) is 0 Å². The summed E-state index contributed by atoms with van der Waals surface area (Å²) in [5.41, 5.74) is 0. The lowest BCUT2D eigenvalue weighted by atomic mass is 10.1. The molecule has 1 aliphatic heterocycles. The summed E-state index contributed by atoms with van der Waals surface area (Å²) in [6.45, 7) is 7.13. The highest BCUT2D eigenvalue weighted by molar-refractivity contribution is 5.31. The lowest BCUT2D eigenvalue weighted by molar-refractivity contribution is 0.434. The van der Waals surface area contributed by atoms with Gasteiger partial charge in [0.2, 0.25) is 5.89 Å². The number of piperidine rings is 1. The second-order valence-corrected chi connectivity index (χ2v) is 5.99. The number of hydrogen-bond donors (Lipinski definition) is 1. The van der Waals surface area contributed by atoms with Gasteiger partial charge in [0.05, 0.1) is 6.54 Å². The predicted molar refractivity (Wildman–Crippen MR) is 69.3 cm³/mol. The molecule has 0 spiro atoms. The summed E-state index contributed by atoms with van der Waals surface area (Å²) < 4.78 is 5.74. The van der Waals surface area contributed by atoms with Crippen molar-refractivity contribution in [2.24, 2.45) is 11.8 Å². The van der Waals surface area contributed by atoms with Gasteiger partial charge in [0.25, 0.3) is 0 Å². The van der Waals surface area contributed by atoms with E-state index in [4.69, 9.17) is 4.42 Å². The van der Waals surface area contributed by atoms with Crippen LogP contribution in [0.5, 0.6) is 0 Å². The molecule has 1 saturated heterocycles. The van der Waals surface area contributed by atoms with Crippen LogP contribution in [0, 0.1) is 11.8 Å². The van der Waals surface area contributed by atoms with E-state index in [1.807, 2.05) is 0 Å². The first-order valence-corrected chi connectivity index (χ1v) is 7.02. The topological polar surface area (TPSA) is 54.2 Å². The van der Waals surface area contributed by atoms with E-state index in [1.54, 1.807) is 0 Å². The molecule has 3 rings (SSSR count). The zero-order valence-electron chi connectivity index (χ0n) is 11.2. The molecule has 2 atom stereocenters. The van der Waals surface area contributed by atoms with E-state index in [9.17, 15) is 0 Å². The smallest absolute Gasteiger partial charge is 0.318 e. The first-order chi connectivity index (χ1) is 8.72. The van der Waals surface area contributed by atoms with Gasteiger partial charge in [-0.1, -0.05) is 18.9 Å². The number of hydrogen-bond acceptors (Lipinski definition) is 5. The standard InChI is InChI=1S/C13H22N4O/c1-9(2)6-14-7-12-15-16-13(18-12)17-8-10-3-4-11(17)5-10/h9-11,14H,3-8H2,1-2H3. The summed E-state index contributed by atoms with van der Waals surface area (Å²) in [4.78, 5) is 2.30. The maximum absolute atomic E-state index is 5.74. The van der Waals surface area contributed by atoms with Crippen LogP contribution in [0.2, 0.25) is 0 Å². The third kappa shape index (κ3) is 2.36. The zero-order valence-corrected chi connectivity index (χ0v) is 11.2. The van der Waals surface area contributed by atoms with Gasteiger partial charge >= 0.3 is 6.01 Å². The van der Waals surface area contributed by atoms with Crippen LogP contribution in [-0.2, 0) is 6.54 Å². The molecular formula is C13H22N4O. The van der Waals surface area contributed by atoms with Crippen LogP contribution >= 0.6 is 0 Å². The Kier molecular flexibility index (Phi) is 3.24. The van der Waals surface area contributed by atoms with Crippen molar-refractivity contribution in [3.8, 4) is 0 Å². The minimum Gasteiger partial charge on any atom is -0.407 e. The average Bonchev–Trinajstić information content (AvgIpc) is 3.03. The van der Waals surface area contributed by atoms with Gasteiger partial charge < -0.3 is 14.6 Å². The van der Waals surface area contributed by atoms with Crippen molar-refractivity contribution in [3.05, 3.63) is 5.89 Å². The molecule has 0 amide bonds. The molecule has 2 heterocycles. The Hall–Kier alpha value is -1.10. The van der Waals surface area contributed by atoms with E-state index < -0.39 is 0 Å². The van der Waals surface area contributed by atoms with Crippen LogP contribution in [0.4, 0.5) is 6.01 Å². The van der Waals surface area contributed by atoms with E-state index in [0.29, 0.717) is 24.4 Å². The van der Waals surface area contributed by atoms with Gasteiger partial charge in [-0.15, -0.1) is 5.10 Å². The van der Waals surface area contributed by atoms with Crippen LogP contribution in [-0.4, -0.2) is 29.3 Å². The first-order valence-electron chi connectivity index (χ1n) is 7.02. The molecule has 1 aromatic heterocycles. The minimum absolute atomic E-state index is 0.640. The molecule has 5 nitrogen and oxygen atoms in total. The van der Waals surface area contributed by atoms with E-state index in [2.05, 4.69) is 34.3 Å². The first kappa shape index (κ1) is 12.0. The summed E-state index contributed by atoms with van der Waals surface area (Å²) >= 11 is 0. The number of rotatable bonds is 5. The highest BCUT2D eigenvalue weighted by Crippen LogP contribution is 2.39. The van der Waals surface area contributed by atoms with Crippen molar-refractivity contribution in [1.82, 2.24) is 15.5 Å². The van der Waals surface area contributed by atoms with E-state index >= 15 is 0 Å². The maximum Gasteiger partial charge on any atom is 0.318 e. The van der Waals surface area contributed by atoms with Crippen molar-refractivity contribution in [3.63, 3.8) is 0 Å². The maximum atomic E-state index is 5.74. The van der Waals surface area contributed by atoms with Crippen molar-refractivity contribution in [2.45, 2.75) is 45.7 Å². The normalized spacial score (nSPS) is 26.5. The van der Waals surface area contributed by atoms with Crippen molar-refractivity contribution in [2.75, 3.05) is 18.0 Å². The Bertz CT molecular complexity index is 403. The fourth-order valence-corrected chi connectivity index (χ4v) is 3.06. The average molecular weight is 250 g/mol. The Labute approximate surface area is 108 Å². The Morgan fingerprint density at radius 1 is 1.39 bits per heavy atom. The Morgan fingerprint density at radius 3 is 2.94 bits per heavy atom. The highest BCUT2D eigenvalue weighted by atomic mass is 16.4. The van der Waals surface area contributed by atoms with Gasteiger partial charge in [0, 0.05) is 12.6 Å². The summed E-state index contributed by atoms with van der Waals surface area (Å²) in [5, 5.41) is 11.6. The summed E-state index contributed by atoms with van der Waals surface area (Å²) in [5.74, 6) is 2.19. The summed E-state index contributed by atoms with van der Waals surface area (Å²) in [6.07, 6.45) is 3.97. The second-order valence-electron chi connectivity index (χ2n) is 5.99. The van der Waals surface area contributed by atoms with Gasteiger partial charge in [0.1, 0.15) is 0 Å². The third-order valence-corrected chi connectivity index (χ3v) is 3.94. The number of fused-ring (bicyclic) bond motifs is 2. The Morgan fingerprint density at radius 2 is 2.28 bits per heavy atom. The third-order valence-electron chi connectivity index (χ3n) is 3.94. The van der Waals surface area contributed by atoms with Gasteiger partial charge in [0.15, 0.2) is 0 Å². The molecular weight excluding hydrogens is 228 g/mol. The molecule has 2 bridgehead atoms. The van der Waals surface area contributed by atoms with Crippen LogP contribution in [0.25, 0.3) is 0 Å². The van der Waals surface area contributed by atoms with Crippen molar-refractivity contribution in [1.29, 1.82) is 0 Å². The fourth-order valence-electron chi connectivity index (χ4n) is 3.06. The molecule has 1 N–H and O–H groups in total. The van der Waals surface area contributed by atoms with Gasteiger partial charge in [-0.05, 0) is 37.6 Å². The van der Waals surface area contributed by atoms with E-state index in [1.165, 1.54) is 19.3 Å². The van der Waals surface area contributed by atoms with Gasteiger partial charge in [-0.25, -0.2) is 0 Å². The molecule has 0 aromatic carbocycles. The molecule has 2 aliphatic rings. The molecule has 1 saturated carbocycles. The quantitative estimate of drug-likeness (QED) is 0.863. The predicted octanol–water partition coefficient (Wildman–Crippen LogP) is 1.80. The Balaban J connectivity index is 1.56. The number of nitrogens with zero attached hydrogens (tertiary/aromatic N) is 3. The lowest BCUT2D eigenvalue weighted by Gasteiger charge is -2.24. The van der Waals surface area contributed by atoms with Crippen molar-refractivity contribution < 1.29 is 4.42 Å². The molecule has 18 heavy (non-hydrogen) atoms. The second kappa shape index (κ2) is 4.88. The summed E-state index contributed by atoms with van der Waals surface area (Å²) in [7, 11) is 0. The number of nitrogens with one attached hydrogen (secondary N) is 1. The van der Waals surface area contributed by atoms with Crippen LogP contribution < -0.4 is 10.2 Å². The largest absolute Gasteiger partial charge is 0.407 e. The highest BCUT2D eigenvalue weighted by Gasteiger charge is 2.40. The molecule has 0 radical (unpaired) electrons. The molecule has 5 heteroatoms. The van der Waals surface area contributed by atoms with Crippen LogP contribution in [0.15, 0.2) is 4.42 Å². The van der Waals surface area contributed by atoms with Gasteiger partial charge in [-0.2, -0.15) is 0 Å². The van der Waals surface area contributed by atoms with E-state index in [-0.39, 0.29) is 0 Å². The summed E-state index contributed by atoms with van der Waals surface area (Å²) in [6, 6.07) is 1.37. The molecule has 1 aromatic rings. The molecule has 1 aliphatic carbocycles. The zero-order chi connectivity index (χ0) is 12.5. The SMILES string of the molecule is CC(C)CNCc1nnc(N2CC3CCC2C3)o1. The van der Waals surface area contributed by atoms with Crippen LogP contribution in [0.1, 0.15) is 39.0 Å². The molecule has 100 valence electrons. The number of anilines is 1. The lowest BCUT2D eigenvalue weighted by Crippen LogP contribution is -2.32.